The lowest BCUT2D eigenvalue weighted by Gasteiger charge is -2.35. The maximum atomic E-state index is 5.09. The summed E-state index contributed by atoms with van der Waals surface area (Å²) in [4.78, 5) is 17.7. The van der Waals surface area contributed by atoms with Crippen molar-refractivity contribution in [3.63, 3.8) is 0 Å². The van der Waals surface area contributed by atoms with Crippen LogP contribution in [0.25, 0.3) is 50.3 Å². The van der Waals surface area contributed by atoms with Gasteiger partial charge in [0.2, 0.25) is 0 Å². The maximum Gasteiger partial charge on any atom is 0.163 e. The van der Waals surface area contributed by atoms with E-state index in [4.69, 9.17) is 15.0 Å². The van der Waals surface area contributed by atoms with Crippen LogP contribution in [0.2, 0.25) is 0 Å². The Balaban J connectivity index is 0.000000129. The molecule has 3 unspecified atom stereocenters. The molecule has 0 aliphatic carbocycles. The van der Waals surface area contributed by atoms with E-state index in [-0.39, 0.29) is 0 Å². The molecule has 0 saturated carbocycles. The van der Waals surface area contributed by atoms with E-state index in [0.717, 1.165) is 131 Å². The van der Waals surface area contributed by atoms with Crippen LogP contribution < -0.4 is 10.6 Å². The van der Waals surface area contributed by atoms with E-state index in [0.29, 0.717) is 29.7 Å². The number of hydrogen-bond donors (Lipinski definition) is 2. The molecule has 3 fully saturated rings. The largest absolute Gasteiger partial charge is 0.316 e. The molecule has 0 spiro atoms. The number of piperidine rings is 3. The predicted octanol–water partition coefficient (Wildman–Crippen LogP) is 10.0. The van der Waals surface area contributed by atoms with Gasteiger partial charge in [0.1, 0.15) is 0 Å². The van der Waals surface area contributed by atoms with Crippen LogP contribution in [0.3, 0.4) is 0 Å². The number of halogens is 3. The van der Waals surface area contributed by atoms with Crippen LogP contribution in [-0.4, -0.2) is 123 Å². The number of nitrogens with zero attached hydrogens (tertiary/aromatic N) is 16. The first-order valence-corrected chi connectivity index (χ1v) is 28.8. The summed E-state index contributed by atoms with van der Waals surface area (Å²) >= 11 is 11.4. The van der Waals surface area contributed by atoms with Crippen LogP contribution in [0.15, 0.2) is 69.2 Å². The summed E-state index contributed by atoms with van der Waals surface area (Å²) in [5, 5.41) is 33.6. The van der Waals surface area contributed by atoms with E-state index >= 15 is 0 Å². The van der Waals surface area contributed by atoms with Crippen molar-refractivity contribution in [2.24, 2.45) is 27.1 Å². The minimum absolute atomic E-state index is 0.436. The molecule has 9 aromatic heterocycles. The summed E-state index contributed by atoms with van der Waals surface area (Å²) in [6.07, 6.45) is 25.4. The number of aryl methyl sites for hydroxylation is 5. The van der Waals surface area contributed by atoms with Gasteiger partial charge in [0.15, 0.2) is 16.9 Å². The van der Waals surface area contributed by atoms with Gasteiger partial charge >= 0.3 is 0 Å². The van der Waals surface area contributed by atoms with Gasteiger partial charge in [-0.3, -0.25) is 14.0 Å². The Kier molecular flexibility index (Phi) is 16.2. The minimum Gasteiger partial charge on any atom is -0.316 e. The third kappa shape index (κ3) is 11.0. The van der Waals surface area contributed by atoms with Crippen LogP contribution in [0, 0.1) is 19.8 Å². The molecule has 9 aromatic rings. The topological polar surface area (TPSA) is 171 Å². The molecule has 0 radical (unpaired) electrons. The predicted molar refractivity (Wildman–Crippen MR) is 305 cm³/mol. The summed E-state index contributed by atoms with van der Waals surface area (Å²) in [6.45, 7) is 19.6. The number of nitrogens with one attached hydrogen (secondary N) is 2. The van der Waals surface area contributed by atoms with Crippen molar-refractivity contribution in [3.8, 4) is 33.4 Å². The molecule has 3 aliphatic rings. The highest BCUT2D eigenvalue weighted by molar-refractivity contribution is 9.11. The van der Waals surface area contributed by atoms with Crippen LogP contribution >= 0.6 is 47.8 Å². The number of rotatable bonds is 9. The van der Waals surface area contributed by atoms with Gasteiger partial charge in [-0.15, -0.1) is 0 Å². The van der Waals surface area contributed by atoms with E-state index in [9.17, 15) is 0 Å². The Hall–Kier alpha value is -5.19. The van der Waals surface area contributed by atoms with Crippen molar-refractivity contribution in [1.29, 1.82) is 0 Å². The van der Waals surface area contributed by atoms with E-state index < -0.39 is 0 Å². The molecule has 0 aromatic carbocycles. The zero-order chi connectivity index (χ0) is 52.7. The molecule has 3 aliphatic heterocycles. The summed E-state index contributed by atoms with van der Waals surface area (Å²) in [6, 6.07) is 0.572. The molecule has 3 atom stereocenters. The molecule has 18 nitrogen and oxygen atoms in total. The molecule has 12 rings (SSSR count). The monoisotopic (exact) mass is 1210 g/mol. The first-order valence-electron chi connectivity index (χ1n) is 26.4. The molecular weight excluding hydrogens is 1140 g/mol. The van der Waals surface area contributed by atoms with Crippen LogP contribution in [0.1, 0.15) is 118 Å². The van der Waals surface area contributed by atoms with E-state index in [1.54, 1.807) is 4.68 Å². The summed E-state index contributed by atoms with van der Waals surface area (Å²) in [5.41, 5.74) is 15.8. The van der Waals surface area contributed by atoms with Gasteiger partial charge in [-0.05, 0) is 146 Å². The lowest BCUT2D eigenvalue weighted by atomic mass is 9.93. The fourth-order valence-corrected chi connectivity index (χ4v) is 12.8. The van der Waals surface area contributed by atoms with Gasteiger partial charge in [-0.2, -0.15) is 30.6 Å². The van der Waals surface area contributed by atoms with Crippen molar-refractivity contribution in [2.75, 3.05) is 39.3 Å². The Morgan fingerprint density at radius 1 is 0.533 bits per heavy atom. The second-order valence-electron chi connectivity index (χ2n) is 21.3. The van der Waals surface area contributed by atoms with E-state index in [1.807, 2.05) is 99.8 Å². The van der Waals surface area contributed by atoms with Crippen LogP contribution in [-0.2, 0) is 27.6 Å². The molecule has 12 heterocycles. The quantitative estimate of drug-likeness (QED) is 0.140. The second-order valence-corrected chi connectivity index (χ2v) is 23.6. The molecule has 0 amide bonds. The van der Waals surface area contributed by atoms with Crippen LogP contribution in [0.4, 0.5) is 0 Å². The number of fused-ring (bicyclic) bond motifs is 3. The van der Waals surface area contributed by atoms with Crippen molar-refractivity contribution in [3.05, 3.63) is 103 Å². The van der Waals surface area contributed by atoms with Crippen molar-refractivity contribution in [2.45, 2.75) is 110 Å². The SMILES string of the molecule is CC(C)Cc1c(Br)c(C2CCCNC2)nc2c(-c3cnn(C)c3)cnn12.Cc1c(Br)c(C2CCCN(C(C)C)C2)nc2c(-c3cnn(C)c3)cnn12.Cc1c(Br)c(C2CCCNC2)nc2c(-c3cnn(C)c3)cnn12. The standard InChI is InChI=1S/2C19H25BrN6.C16H19BrN6/c1-12(2)25-7-5-6-14(11-25)18-17(20)13(3)26-19(23-18)16(9-22-26)15-8-21-24(4)10-15;1-12(2)7-16-17(20)18(13-5-4-6-21-8-13)24-19-15(10-23-26(16)19)14-9-22-25(3)11-14;1-10-14(17)15(11-4-3-5-18-6-11)21-16-13(8-20-23(10)16)12-7-19-22(2)9-12/h8-10,12,14H,5-7,11H2,1-4H3;9-13,21H,4-8H2,1-3H3;7-9,11,18H,3-6H2,1-2H3. The van der Waals surface area contributed by atoms with Gasteiger partial charge in [0, 0.05) is 117 Å². The number of aromatic nitrogens is 15. The highest BCUT2D eigenvalue weighted by Gasteiger charge is 2.29. The lowest BCUT2D eigenvalue weighted by Crippen LogP contribution is -2.39. The van der Waals surface area contributed by atoms with Gasteiger partial charge in [0.05, 0.1) is 84.8 Å². The molecule has 75 heavy (non-hydrogen) atoms. The molecule has 0 bridgehead atoms. The van der Waals surface area contributed by atoms with Gasteiger partial charge in [-0.25, -0.2) is 28.5 Å². The summed E-state index contributed by atoms with van der Waals surface area (Å²) in [5.74, 6) is 1.87. The average Bonchev–Trinajstić information content (AvgIpc) is 4.30. The fourth-order valence-electron chi connectivity index (χ4n) is 10.9. The Bertz CT molecular complexity index is 3430. The Morgan fingerprint density at radius 2 is 0.947 bits per heavy atom. The first kappa shape index (κ1) is 53.2. The van der Waals surface area contributed by atoms with Gasteiger partial charge in [-0.1, -0.05) is 13.8 Å². The van der Waals surface area contributed by atoms with Gasteiger partial charge in [0.25, 0.3) is 0 Å². The highest BCUT2D eigenvalue weighted by Crippen LogP contribution is 2.38. The maximum absolute atomic E-state index is 5.09. The fraction of sp³-hybridized carbons (Fsp3) is 0.500. The smallest absolute Gasteiger partial charge is 0.163 e. The minimum atomic E-state index is 0.436. The highest BCUT2D eigenvalue weighted by atomic mass is 79.9. The molecule has 21 heteroatoms. The zero-order valence-electron chi connectivity index (χ0n) is 44.6. The molecule has 3 saturated heterocycles. The third-order valence-corrected chi connectivity index (χ3v) is 17.8. The lowest BCUT2D eigenvalue weighted by molar-refractivity contribution is 0.166. The number of hydrogen-bond acceptors (Lipinski definition) is 12. The van der Waals surface area contributed by atoms with Crippen LogP contribution in [0.5, 0.6) is 0 Å². The second kappa shape index (κ2) is 22.8. The number of likely N-dealkylation sites (tertiary alicyclic amines) is 1. The Labute approximate surface area is 463 Å². The summed E-state index contributed by atoms with van der Waals surface area (Å²) < 4.78 is 14.5. The zero-order valence-corrected chi connectivity index (χ0v) is 49.3. The Morgan fingerprint density at radius 3 is 1.35 bits per heavy atom. The molecule has 396 valence electrons. The average molecular weight is 1210 g/mol. The van der Waals surface area contributed by atoms with E-state index in [1.165, 1.54) is 50.8 Å². The molecular formula is C54H69Br3N18. The summed E-state index contributed by atoms with van der Waals surface area (Å²) in [7, 11) is 5.78. The van der Waals surface area contributed by atoms with Crippen molar-refractivity contribution < 1.29 is 0 Å². The third-order valence-electron chi connectivity index (χ3n) is 15.0. The molecule has 2 N–H and O–H groups in total. The van der Waals surface area contributed by atoms with Crippen molar-refractivity contribution >= 4 is 64.7 Å². The first-order chi connectivity index (χ1) is 36.1. The van der Waals surface area contributed by atoms with Crippen molar-refractivity contribution in [1.82, 2.24) is 88.7 Å². The normalized spacial score (nSPS) is 18.6. The van der Waals surface area contributed by atoms with E-state index in [2.05, 4.69) is 135 Å². The van der Waals surface area contributed by atoms with Gasteiger partial charge < -0.3 is 15.5 Å².